The number of rotatable bonds is 5. The summed E-state index contributed by atoms with van der Waals surface area (Å²) < 4.78 is 0. The number of hydrogen-bond donors (Lipinski definition) is 0. The van der Waals surface area contributed by atoms with Crippen LogP contribution in [0.25, 0.3) is 55.6 Å². The van der Waals surface area contributed by atoms with Crippen molar-refractivity contribution in [1.82, 2.24) is 0 Å². The number of aryl methyl sites for hydroxylation is 3. The molecule has 0 atom stereocenters. The Balaban J connectivity index is 1.62. The van der Waals surface area contributed by atoms with E-state index < -0.39 is 0 Å². The molecule has 0 saturated heterocycles. The minimum Gasteiger partial charge on any atom is -0.0622 e. The minimum absolute atomic E-state index is 1.22. The van der Waals surface area contributed by atoms with Gasteiger partial charge in [-0.2, -0.15) is 0 Å². The van der Waals surface area contributed by atoms with Crippen LogP contribution >= 0.6 is 0 Å². The molecule has 6 aromatic rings. The molecule has 0 amide bonds. The van der Waals surface area contributed by atoms with Crippen molar-refractivity contribution in [2.45, 2.75) is 20.8 Å². The van der Waals surface area contributed by atoms with Crippen molar-refractivity contribution in [3.05, 3.63) is 156 Å². The van der Waals surface area contributed by atoms with Gasteiger partial charge >= 0.3 is 0 Å². The summed E-state index contributed by atoms with van der Waals surface area (Å²) in [6.45, 7) is 6.59. The topological polar surface area (TPSA) is 0 Å². The molecule has 0 nitrogen and oxygen atoms in total. The van der Waals surface area contributed by atoms with Crippen LogP contribution in [-0.4, -0.2) is 0 Å². The molecule has 0 bridgehead atoms. The van der Waals surface area contributed by atoms with Gasteiger partial charge in [-0.3, -0.25) is 0 Å². The molecular formula is C39H32. The maximum atomic E-state index is 2.37. The zero-order chi connectivity index (χ0) is 26.8. The standard InChI is InChI=1S/C39H32/c1-27-12-10-19-32(20-27)35-24-37(26-38(25-35)39-28(2)13-11-14-29(39)3)36-22-33(30-15-6-4-7-16-30)21-34(23-36)31-17-8-5-9-18-31/h4-26H,1-3H3. The van der Waals surface area contributed by atoms with Gasteiger partial charge in [-0.05, 0) is 124 Å². The van der Waals surface area contributed by atoms with Crippen LogP contribution in [0.15, 0.2) is 140 Å². The fourth-order valence-corrected chi connectivity index (χ4v) is 5.59. The highest BCUT2D eigenvalue weighted by Crippen LogP contribution is 2.38. The van der Waals surface area contributed by atoms with Crippen LogP contribution in [-0.2, 0) is 0 Å². The molecule has 0 N–H and O–H groups in total. The van der Waals surface area contributed by atoms with Crippen molar-refractivity contribution in [2.24, 2.45) is 0 Å². The van der Waals surface area contributed by atoms with E-state index >= 15 is 0 Å². The molecule has 39 heavy (non-hydrogen) atoms. The van der Waals surface area contributed by atoms with Crippen LogP contribution in [0, 0.1) is 20.8 Å². The third-order valence-electron chi connectivity index (χ3n) is 7.53. The second-order valence-corrected chi connectivity index (χ2v) is 10.5. The van der Waals surface area contributed by atoms with Crippen LogP contribution in [0.2, 0.25) is 0 Å². The van der Waals surface area contributed by atoms with Gasteiger partial charge in [0.25, 0.3) is 0 Å². The molecule has 0 radical (unpaired) electrons. The third-order valence-corrected chi connectivity index (χ3v) is 7.53. The summed E-state index contributed by atoms with van der Waals surface area (Å²) in [6, 6.07) is 50.8. The third kappa shape index (κ3) is 5.19. The van der Waals surface area contributed by atoms with E-state index in [2.05, 4.69) is 160 Å². The zero-order valence-electron chi connectivity index (χ0n) is 22.8. The van der Waals surface area contributed by atoms with Crippen molar-refractivity contribution in [2.75, 3.05) is 0 Å². The van der Waals surface area contributed by atoms with Gasteiger partial charge in [-0.1, -0.05) is 109 Å². The molecule has 0 aliphatic rings. The van der Waals surface area contributed by atoms with Crippen molar-refractivity contribution >= 4 is 0 Å². The summed E-state index contributed by atoms with van der Waals surface area (Å²) >= 11 is 0. The summed E-state index contributed by atoms with van der Waals surface area (Å²) in [7, 11) is 0. The van der Waals surface area contributed by atoms with Crippen LogP contribution in [0.4, 0.5) is 0 Å². The Morgan fingerprint density at radius 1 is 0.282 bits per heavy atom. The van der Waals surface area contributed by atoms with Gasteiger partial charge in [0.1, 0.15) is 0 Å². The predicted octanol–water partition coefficient (Wildman–Crippen LogP) is 10.9. The van der Waals surface area contributed by atoms with E-state index in [-0.39, 0.29) is 0 Å². The molecule has 0 spiro atoms. The largest absolute Gasteiger partial charge is 0.0622 e. The molecule has 0 heteroatoms. The molecule has 6 aromatic carbocycles. The molecule has 188 valence electrons. The zero-order valence-corrected chi connectivity index (χ0v) is 22.8. The molecular weight excluding hydrogens is 468 g/mol. The normalized spacial score (nSPS) is 10.9. The van der Waals surface area contributed by atoms with Crippen LogP contribution in [0.3, 0.4) is 0 Å². The maximum absolute atomic E-state index is 2.37. The van der Waals surface area contributed by atoms with E-state index in [0.29, 0.717) is 0 Å². The van der Waals surface area contributed by atoms with Crippen LogP contribution in [0.1, 0.15) is 16.7 Å². The van der Waals surface area contributed by atoms with Crippen molar-refractivity contribution in [1.29, 1.82) is 0 Å². The summed E-state index contributed by atoms with van der Waals surface area (Å²) in [5.41, 5.74) is 16.2. The molecule has 0 fully saturated rings. The summed E-state index contributed by atoms with van der Waals surface area (Å²) in [5.74, 6) is 0. The Kier molecular flexibility index (Phi) is 6.69. The first-order valence-corrected chi connectivity index (χ1v) is 13.6. The van der Waals surface area contributed by atoms with Gasteiger partial charge in [-0.15, -0.1) is 0 Å². The Morgan fingerprint density at radius 2 is 0.667 bits per heavy atom. The lowest BCUT2D eigenvalue weighted by Crippen LogP contribution is -1.92. The van der Waals surface area contributed by atoms with E-state index in [1.54, 1.807) is 0 Å². The molecule has 0 aliphatic heterocycles. The lowest BCUT2D eigenvalue weighted by molar-refractivity contribution is 1.38. The fraction of sp³-hybridized carbons (Fsp3) is 0.0769. The second kappa shape index (κ2) is 10.6. The van der Waals surface area contributed by atoms with E-state index in [1.165, 1.54) is 72.3 Å². The molecule has 0 saturated carbocycles. The quantitative estimate of drug-likeness (QED) is 0.221. The first-order chi connectivity index (χ1) is 19.0. The Bertz CT molecular complexity index is 1680. The second-order valence-electron chi connectivity index (χ2n) is 10.5. The van der Waals surface area contributed by atoms with Gasteiger partial charge in [0.2, 0.25) is 0 Å². The Hall–Kier alpha value is -4.68. The first kappa shape index (κ1) is 24.6. The molecule has 0 heterocycles. The molecule has 0 aromatic heterocycles. The van der Waals surface area contributed by atoms with E-state index in [9.17, 15) is 0 Å². The Labute approximate surface area is 232 Å². The van der Waals surface area contributed by atoms with E-state index in [4.69, 9.17) is 0 Å². The average Bonchev–Trinajstić information content (AvgIpc) is 2.98. The maximum Gasteiger partial charge on any atom is -0.0125 e. The molecule has 6 rings (SSSR count). The fourth-order valence-electron chi connectivity index (χ4n) is 5.59. The smallest absolute Gasteiger partial charge is 0.0125 e. The van der Waals surface area contributed by atoms with Gasteiger partial charge < -0.3 is 0 Å². The van der Waals surface area contributed by atoms with Crippen molar-refractivity contribution in [3.8, 4) is 55.6 Å². The predicted molar refractivity (Wildman–Crippen MR) is 168 cm³/mol. The minimum atomic E-state index is 1.22. The van der Waals surface area contributed by atoms with Gasteiger partial charge in [0, 0.05) is 0 Å². The van der Waals surface area contributed by atoms with Gasteiger partial charge in [0.15, 0.2) is 0 Å². The first-order valence-electron chi connectivity index (χ1n) is 13.6. The SMILES string of the molecule is Cc1cccc(-c2cc(-c3cc(-c4ccccc4)cc(-c4ccccc4)c3)cc(-c3c(C)cccc3C)c2)c1. The van der Waals surface area contributed by atoms with Crippen molar-refractivity contribution < 1.29 is 0 Å². The highest BCUT2D eigenvalue weighted by molar-refractivity contribution is 5.87. The van der Waals surface area contributed by atoms with Crippen LogP contribution < -0.4 is 0 Å². The van der Waals surface area contributed by atoms with Crippen molar-refractivity contribution in [3.63, 3.8) is 0 Å². The van der Waals surface area contributed by atoms with E-state index in [0.717, 1.165) is 0 Å². The average molecular weight is 501 g/mol. The Morgan fingerprint density at radius 3 is 1.15 bits per heavy atom. The van der Waals surface area contributed by atoms with Gasteiger partial charge in [0.05, 0.1) is 0 Å². The highest BCUT2D eigenvalue weighted by atomic mass is 14.2. The number of benzene rings is 6. The molecule has 0 unspecified atom stereocenters. The monoisotopic (exact) mass is 500 g/mol. The molecule has 0 aliphatic carbocycles. The summed E-state index contributed by atoms with van der Waals surface area (Å²) in [4.78, 5) is 0. The van der Waals surface area contributed by atoms with E-state index in [1.807, 2.05) is 0 Å². The lowest BCUT2D eigenvalue weighted by Gasteiger charge is -2.16. The van der Waals surface area contributed by atoms with Crippen LogP contribution in [0.5, 0.6) is 0 Å². The highest BCUT2D eigenvalue weighted by Gasteiger charge is 2.13. The summed E-state index contributed by atoms with van der Waals surface area (Å²) in [6.07, 6.45) is 0. The summed E-state index contributed by atoms with van der Waals surface area (Å²) in [5, 5.41) is 0. The number of hydrogen-bond acceptors (Lipinski definition) is 0. The van der Waals surface area contributed by atoms with Gasteiger partial charge in [-0.25, -0.2) is 0 Å². The lowest BCUT2D eigenvalue weighted by atomic mass is 9.88.